The SMILES string of the molecule is O=C(CN1C(=O)COc2ccccc21)Nc1cccc(Cn2cncn2)c1. The summed E-state index contributed by atoms with van der Waals surface area (Å²) in [5, 5.41) is 6.91. The molecule has 1 aliphatic heterocycles. The second kappa shape index (κ2) is 7.28. The van der Waals surface area contributed by atoms with Crippen molar-refractivity contribution in [1.29, 1.82) is 0 Å². The maximum atomic E-state index is 12.5. The summed E-state index contributed by atoms with van der Waals surface area (Å²) in [5.41, 5.74) is 2.24. The summed E-state index contributed by atoms with van der Waals surface area (Å²) >= 11 is 0. The Morgan fingerprint density at radius 3 is 2.93 bits per heavy atom. The Kier molecular flexibility index (Phi) is 4.52. The van der Waals surface area contributed by atoms with Crippen molar-refractivity contribution < 1.29 is 14.3 Å². The Hall–Kier alpha value is -3.68. The first-order chi connectivity index (χ1) is 13.2. The number of para-hydroxylation sites is 2. The minimum absolute atomic E-state index is 0.0717. The molecule has 2 amide bonds. The Morgan fingerprint density at radius 2 is 2.07 bits per heavy atom. The lowest BCUT2D eigenvalue weighted by Gasteiger charge is -2.28. The van der Waals surface area contributed by atoms with Crippen LogP contribution in [0.15, 0.2) is 61.2 Å². The molecule has 4 rings (SSSR count). The number of aromatic nitrogens is 3. The van der Waals surface area contributed by atoms with Gasteiger partial charge in [0, 0.05) is 5.69 Å². The molecule has 0 atom stereocenters. The fourth-order valence-corrected chi connectivity index (χ4v) is 2.92. The van der Waals surface area contributed by atoms with Crippen molar-refractivity contribution >= 4 is 23.2 Å². The molecule has 0 aliphatic carbocycles. The number of hydrogen-bond acceptors (Lipinski definition) is 5. The van der Waals surface area contributed by atoms with Gasteiger partial charge in [-0.3, -0.25) is 14.5 Å². The Labute approximate surface area is 155 Å². The first-order valence-corrected chi connectivity index (χ1v) is 8.42. The highest BCUT2D eigenvalue weighted by molar-refractivity contribution is 6.04. The number of benzene rings is 2. The molecule has 0 unspecified atom stereocenters. The fourth-order valence-electron chi connectivity index (χ4n) is 2.92. The molecule has 27 heavy (non-hydrogen) atoms. The van der Waals surface area contributed by atoms with Crippen LogP contribution in [0.5, 0.6) is 5.75 Å². The number of fused-ring (bicyclic) bond motifs is 1. The standard InChI is InChI=1S/C19H17N5O3/c25-18(10-24-16-6-1-2-7-17(16)27-11-19(24)26)22-15-5-3-4-14(8-15)9-23-13-20-12-21-23/h1-8,12-13H,9-11H2,(H,22,25). The third-order valence-corrected chi connectivity index (χ3v) is 4.13. The van der Waals surface area contributed by atoms with Gasteiger partial charge in [0.1, 0.15) is 24.9 Å². The van der Waals surface area contributed by atoms with E-state index in [-0.39, 0.29) is 25.0 Å². The molecule has 1 N–H and O–H groups in total. The van der Waals surface area contributed by atoms with Gasteiger partial charge in [0.2, 0.25) is 5.91 Å². The highest BCUT2D eigenvalue weighted by Gasteiger charge is 2.26. The molecule has 2 heterocycles. The molecule has 8 heteroatoms. The van der Waals surface area contributed by atoms with Crippen molar-refractivity contribution in [3.05, 3.63) is 66.7 Å². The van der Waals surface area contributed by atoms with E-state index in [1.165, 1.54) is 11.2 Å². The van der Waals surface area contributed by atoms with Crippen molar-refractivity contribution in [2.75, 3.05) is 23.4 Å². The van der Waals surface area contributed by atoms with E-state index in [1.54, 1.807) is 35.3 Å². The lowest BCUT2D eigenvalue weighted by Crippen LogP contribution is -2.43. The largest absolute Gasteiger partial charge is 0.482 e. The Balaban J connectivity index is 1.45. The third-order valence-electron chi connectivity index (χ3n) is 4.13. The van der Waals surface area contributed by atoms with Crippen LogP contribution in [0.2, 0.25) is 0 Å². The zero-order valence-electron chi connectivity index (χ0n) is 14.4. The van der Waals surface area contributed by atoms with Crippen molar-refractivity contribution in [3.8, 4) is 5.75 Å². The monoisotopic (exact) mass is 363 g/mol. The number of nitrogens with one attached hydrogen (secondary N) is 1. The smallest absolute Gasteiger partial charge is 0.265 e. The van der Waals surface area contributed by atoms with Gasteiger partial charge >= 0.3 is 0 Å². The molecule has 0 fully saturated rings. The first-order valence-electron chi connectivity index (χ1n) is 8.42. The van der Waals surface area contributed by atoms with E-state index in [4.69, 9.17) is 4.74 Å². The molecule has 8 nitrogen and oxygen atoms in total. The van der Waals surface area contributed by atoms with Crippen molar-refractivity contribution in [2.45, 2.75) is 6.54 Å². The van der Waals surface area contributed by atoms with E-state index in [9.17, 15) is 9.59 Å². The topological polar surface area (TPSA) is 89.4 Å². The molecular formula is C19H17N5O3. The van der Waals surface area contributed by atoms with Gasteiger partial charge in [-0.05, 0) is 29.8 Å². The second-order valence-corrected chi connectivity index (χ2v) is 6.08. The number of amides is 2. The quantitative estimate of drug-likeness (QED) is 0.745. The molecule has 0 bridgehead atoms. The van der Waals surface area contributed by atoms with Crippen LogP contribution >= 0.6 is 0 Å². The molecule has 136 valence electrons. The van der Waals surface area contributed by atoms with Gasteiger partial charge in [-0.25, -0.2) is 9.67 Å². The number of hydrogen-bond donors (Lipinski definition) is 1. The van der Waals surface area contributed by atoms with Crippen molar-refractivity contribution in [3.63, 3.8) is 0 Å². The predicted octanol–water partition coefficient (Wildman–Crippen LogP) is 1.69. The molecule has 0 spiro atoms. The van der Waals surface area contributed by atoms with Crippen molar-refractivity contribution in [2.24, 2.45) is 0 Å². The predicted molar refractivity (Wildman–Crippen MR) is 98.5 cm³/mol. The van der Waals surface area contributed by atoms with Gasteiger partial charge in [0.15, 0.2) is 6.61 Å². The molecule has 2 aromatic carbocycles. The van der Waals surface area contributed by atoms with Crippen LogP contribution in [0.1, 0.15) is 5.56 Å². The van der Waals surface area contributed by atoms with Crippen LogP contribution in [-0.2, 0) is 16.1 Å². The van der Waals surface area contributed by atoms with Gasteiger partial charge in [-0.2, -0.15) is 5.10 Å². The van der Waals surface area contributed by atoms with Gasteiger partial charge < -0.3 is 10.1 Å². The average Bonchev–Trinajstić information content (AvgIpc) is 3.17. The number of anilines is 2. The Morgan fingerprint density at radius 1 is 1.19 bits per heavy atom. The summed E-state index contributed by atoms with van der Waals surface area (Å²) in [6, 6.07) is 14.6. The molecule has 0 saturated carbocycles. The number of carbonyl (C=O) groups excluding carboxylic acids is 2. The molecule has 1 aliphatic rings. The summed E-state index contributed by atoms with van der Waals surface area (Å²) in [6.45, 7) is 0.406. The second-order valence-electron chi connectivity index (χ2n) is 6.08. The van der Waals surface area contributed by atoms with Gasteiger partial charge in [-0.15, -0.1) is 0 Å². The van der Waals surface area contributed by atoms with Crippen molar-refractivity contribution in [1.82, 2.24) is 14.8 Å². The minimum atomic E-state index is -0.280. The van der Waals surface area contributed by atoms with Gasteiger partial charge in [0.05, 0.1) is 12.2 Å². The average molecular weight is 363 g/mol. The number of ether oxygens (including phenoxy) is 1. The molecule has 0 radical (unpaired) electrons. The van der Waals surface area contributed by atoms with Crippen LogP contribution in [0.4, 0.5) is 11.4 Å². The molecule has 1 aromatic heterocycles. The summed E-state index contributed by atoms with van der Waals surface area (Å²) in [6.07, 6.45) is 3.11. The van der Waals surface area contributed by atoms with Crippen LogP contribution in [0, 0.1) is 0 Å². The van der Waals surface area contributed by atoms with E-state index in [2.05, 4.69) is 15.4 Å². The zero-order chi connectivity index (χ0) is 18.6. The molecule has 3 aromatic rings. The minimum Gasteiger partial charge on any atom is -0.482 e. The fraction of sp³-hybridized carbons (Fsp3) is 0.158. The van der Waals surface area contributed by atoms with Crippen LogP contribution in [0.25, 0.3) is 0 Å². The normalized spacial score (nSPS) is 13.0. The maximum Gasteiger partial charge on any atom is 0.265 e. The van der Waals surface area contributed by atoms with Gasteiger partial charge in [-0.1, -0.05) is 24.3 Å². The lowest BCUT2D eigenvalue weighted by molar-refractivity contribution is -0.123. The lowest BCUT2D eigenvalue weighted by atomic mass is 10.2. The third kappa shape index (κ3) is 3.79. The van der Waals surface area contributed by atoms with E-state index in [0.29, 0.717) is 23.7 Å². The van der Waals surface area contributed by atoms with Crippen LogP contribution in [-0.4, -0.2) is 39.7 Å². The van der Waals surface area contributed by atoms with E-state index >= 15 is 0 Å². The van der Waals surface area contributed by atoms with Crippen LogP contribution < -0.4 is 15.0 Å². The number of nitrogens with zero attached hydrogens (tertiary/aromatic N) is 4. The number of carbonyl (C=O) groups is 2. The molecular weight excluding hydrogens is 346 g/mol. The highest BCUT2D eigenvalue weighted by Crippen LogP contribution is 2.31. The van der Waals surface area contributed by atoms with E-state index < -0.39 is 0 Å². The highest BCUT2D eigenvalue weighted by atomic mass is 16.5. The van der Waals surface area contributed by atoms with E-state index in [0.717, 1.165) is 5.56 Å². The molecule has 0 saturated heterocycles. The van der Waals surface area contributed by atoms with Crippen LogP contribution in [0.3, 0.4) is 0 Å². The maximum absolute atomic E-state index is 12.5. The first kappa shape index (κ1) is 16.8. The summed E-state index contributed by atoms with van der Waals surface area (Å²) < 4.78 is 7.09. The zero-order valence-corrected chi connectivity index (χ0v) is 14.4. The summed E-state index contributed by atoms with van der Waals surface area (Å²) in [5.74, 6) is 0.0708. The number of rotatable bonds is 5. The van der Waals surface area contributed by atoms with Gasteiger partial charge in [0.25, 0.3) is 5.91 Å². The summed E-state index contributed by atoms with van der Waals surface area (Å²) in [7, 11) is 0. The summed E-state index contributed by atoms with van der Waals surface area (Å²) in [4.78, 5) is 30.0. The Bertz CT molecular complexity index is 971. The van der Waals surface area contributed by atoms with E-state index in [1.807, 2.05) is 24.3 Å².